The number of thiophene rings is 1. The van der Waals surface area contributed by atoms with Crippen molar-refractivity contribution in [3.8, 4) is 0 Å². The van der Waals surface area contributed by atoms with E-state index in [1.54, 1.807) is 0 Å². The first-order valence-electron chi connectivity index (χ1n) is 9.17. The molecule has 0 unspecified atom stereocenters. The summed E-state index contributed by atoms with van der Waals surface area (Å²) in [6.07, 6.45) is 1.28. The van der Waals surface area contributed by atoms with E-state index in [9.17, 15) is 9.59 Å². The predicted molar refractivity (Wildman–Crippen MR) is 115 cm³/mol. The molecule has 1 aromatic carbocycles. The van der Waals surface area contributed by atoms with Crippen molar-refractivity contribution >= 4 is 46.7 Å². The molecule has 0 saturated carbocycles. The minimum absolute atomic E-state index is 0.0636. The first-order chi connectivity index (χ1) is 13.2. The Kier molecular flexibility index (Phi) is 6.10. The normalized spacial score (nSPS) is 18.5. The summed E-state index contributed by atoms with van der Waals surface area (Å²) in [7, 11) is 0. The van der Waals surface area contributed by atoms with E-state index in [2.05, 4.69) is 12.1 Å². The quantitative estimate of drug-likeness (QED) is 0.749. The highest BCUT2D eigenvalue weighted by Crippen LogP contribution is 2.43. The number of thioether (sulfide) groups is 2. The number of rotatable bonds is 3. The minimum Gasteiger partial charge on any atom is -0.335 e. The fraction of sp³-hybridized carbons (Fsp3) is 0.400. The average Bonchev–Trinajstić information content (AvgIpc) is 3.28. The van der Waals surface area contributed by atoms with Crippen molar-refractivity contribution in [3.05, 3.63) is 57.8 Å². The maximum Gasteiger partial charge on any atom is 0.264 e. The topological polar surface area (TPSA) is 40.6 Å². The molecule has 27 heavy (non-hydrogen) atoms. The summed E-state index contributed by atoms with van der Waals surface area (Å²) in [5.41, 5.74) is 2.04. The van der Waals surface area contributed by atoms with Crippen LogP contribution in [0.25, 0.3) is 0 Å². The monoisotopic (exact) mass is 418 g/mol. The molecule has 0 N–H and O–H groups in total. The SMILES string of the molecule is O=C(c1ccc(C2SCCCS2)cc1)N1CCN(C(=O)c2cccs2)CC1. The van der Waals surface area contributed by atoms with Crippen LogP contribution in [0.3, 0.4) is 0 Å². The third-order valence-corrected chi connectivity index (χ3v) is 8.72. The fourth-order valence-corrected chi connectivity index (χ4v) is 6.90. The Hall–Kier alpha value is -1.44. The standard InChI is InChI=1S/C20H22N2O2S3/c23-18(15-4-6-16(7-5-15)20-26-13-2-14-27-20)21-8-10-22(11-9-21)19(24)17-3-1-12-25-17/h1,3-7,12,20H,2,8-11,13-14H2. The van der Waals surface area contributed by atoms with E-state index in [1.165, 1.54) is 34.8 Å². The lowest BCUT2D eigenvalue weighted by Crippen LogP contribution is -2.50. The van der Waals surface area contributed by atoms with Gasteiger partial charge in [0.15, 0.2) is 0 Å². The molecule has 0 bridgehead atoms. The van der Waals surface area contributed by atoms with Crippen LogP contribution in [0, 0.1) is 0 Å². The van der Waals surface area contributed by atoms with Crippen molar-refractivity contribution < 1.29 is 9.59 Å². The molecule has 2 saturated heterocycles. The van der Waals surface area contributed by atoms with Crippen LogP contribution < -0.4 is 0 Å². The van der Waals surface area contributed by atoms with Gasteiger partial charge in [-0.25, -0.2) is 0 Å². The lowest BCUT2D eigenvalue weighted by atomic mass is 10.1. The Balaban J connectivity index is 1.34. The van der Waals surface area contributed by atoms with Gasteiger partial charge in [-0.15, -0.1) is 34.9 Å². The van der Waals surface area contributed by atoms with E-state index in [0.29, 0.717) is 30.8 Å². The van der Waals surface area contributed by atoms with Gasteiger partial charge in [-0.1, -0.05) is 18.2 Å². The third-order valence-electron chi connectivity index (χ3n) is 4.84. The maximum absolute atomic E-state index is 12.8. The van der Waals surface area contributed by atoms with Gasteiger partial charge in [-0.3, -0.25) is 9.59 Å². The van der Waals surface area contributed by atoms with Crippen molar-refractivity contribution in [2.75, 3.05) is 37.7 Å². The largest absolute Gasteiger partial charge is 0.335 e. The Morgan fingerprint density at radius 1 is 0.852 bits per heavy atom. The molecule has 2 aliphatic rings. The molecule has 2 aromatic rings. The Morgan fingerprint density at radius 2 is 1.48 bits per heavy atom. The molecular formula is C20H22N2O2S3. The summed E-state index contributed by atoms with van der Waals surface area (Å²) in [5.74, 6) is 2.57. The summed E-state index contributed by atoms with van der Waals surface area (Å²) in [4.78, 5) is 29.7. The number of amides is 2. The van der Waals surface area contributed by atoms with Crippen LogP contribution in [-0.2, 0) is 0 Å². The van der Waals surface area contributed by atoms with Crippen LogP contribution in [0.4, 0.5) is 0 Å². The van der Waals surface area contributed by atoms with E-state index < -0.39 is 0 Å². The van der Waals surface area contributed by atoms with Crippen LogP contribution in [0.2, 0.25) is 0 Å². The number of benzene rings is 1. The number of nitrogens with zero attached hydrogens (tertiary/aromatic N) is 2. The van der Waals surface area contributed by atoms with Crippen LogP contribution in [0.15, 0.2) is 41.8 Å². The van der Waals surface area contributed by atoms with Crippen molar-refractivity contribution in [2.24, 2.45) is 0 Å². The molecule has 2 fully saturated rings. The van der Waals surface area contributed by atoms with Crippen molar-refractivity contribution in [1.29, 1.82) is 0 Å². The highest BCUT2D eigenvalue weighted by molar-refractivity contribution is 8.16. The maximum atomic E-state index is 12.8. The summed E-state index contributed by atoms with van der Waals surface area (Å²) in [6, 6.07) is 11.9. The second kappa shape index (κ2) is 8.71. The predicted octanol–water partition coefficient (Wildman–Crippen LogP) is 4.22. The molecule has 2 aliphatic heterocycles. The van der Waals surface area contributed by atoms with Crippen LogP contribution in [-0.4, -0.2) is 59.3 Å². The van der Waals surface area contributed by atoms with Crippen LogP contribution in [0.5, 0.6) is 0 Å². The number of carbonyl (C=O) groups excluding carboxylic acids is 2. The van der Waals surface area contributed by atoms with Gasteiger partial charge in [0.25, 0.3) is 11.8 Å². The van der Waals surface area contributed by atoms with Gasteiger partial charge in [-0.2, -0.15) is 0 Å². The Morgan fingerprint density at radius 3 is 2.07 bits per heavy atom. The molecule has 0 aliphatic carbocycles. The number of piperazine rings is 1. The summed E-state index contributed by atoms with van der Waals surface area (Å²) >= 11 is 5.45. The van der Waals surface area contributed by atoms with E-state index >= 15 is 0 Å². The van der Waals surface area contributed by atoms with E-state index in [-0.39, 0.29) is 11.8 Å². The Labute approximate surface area is 172 Å². The van der Waals surface area contributed by atoms with E-state index in [0.717, 1.165) is 10.4 Å². The molecule has 0 radical (unpaired) electrons. The molecule has 0 spiro atoms. The van der Waals surface area contributed by atoms with Gasteiger partial charge in [-0.05, 0) is 47.1 Å². The highest BCUT2D eigenvalue weighted by atomic mass is 32.2. The van der Waals surface area contributed by atoms with E-state index in [1.807, 2.05) is 63.0 Å². The molecule has 7 heteroatoms. The van der Waals surface area contributed by atoms with Gasteiger partial charge < -0.3 is 9.80 Å². The van der Waals surface area contributed by atoms with Crippen molar-refractivity contribution in [3.63, 3.8) is 0 Å². The van der Waals surface area contributed by atoms with Crippen LogP contribution >= 0.6 is 34.9 Å². The van der Waals surface area contributed by atoms with Gasteiger partial charge in [0.2, 0.25) is 0 Å². The zero-order chi connectivity index (χ0) is 18.6. The molecule has 1 aromatic heterocycles. The van der Waals surface area contributed by atoms with Gasteiger partial charge in [0, 0.05) is 31.7 Å². The molecular weight excluding hydrogens is 396 g/mol. The van der Waals surface area contributed by atoms with Gasteiger partial charge >= 0.3 is 0 Å². The summed E-state index contributed by atoms with van der Waals surface area (Å²) < 4.78 is 0.495. The van der Waals surface area contributed by atoms with Gasteiger partial charge in [0.05, 0.1) is 9.46 Å². The number of hydrogen-bond donors (Lipinski definition) is 0. The lowest BCUT2D eigenvalue weighted by molar-refractivity contribution is 0.0538. The zero-order valence-corrected chi connectivity index (χ0v) is 17.5. The third kappa shape index (κ3) is 4.36. The second-order valence-electron chi connectivity index (χ2n) is 6.61. The second-order valence-corrected chi connectivity index (χ2v) is 10.3. The molecule has 142 valence electrons. The molecule has 0 atom stereocenters. The Bertz CT molecular complexity index is 778. The fourth-order valence-electron chi connectivity index (χ4n) is 3.31. The number of hydrogen-bond acceptors (Lipinski definition) is 5. The minimum atomic E-state index is 0.0636. The highest BCUT2D eigenvalue weighted by Gasteiger charge is 2.26. The molecule has 3 heterocycles. The van der Waals surface area contributed by atoms with Crippen LogP contribution in [0.1, 0.15) is 36.6 Å². The smallest absolute Gasteiger partial charge is 0.264 e. The zero-order valence-electron chi connectivity index (χ0n) is 15.0. The van der Waals surface area contributed by atoms with Crippen molar-refractivity contribution in [1.82, 2.24) is 9.80 Å². The molecule has 2 amide bonds. The molecule has 4 rings (SSSR count). The average molecular weight is 419 g/mol. The summed E-state index contributed by atoms with van der Waals surface area (Å²) in [6.45, 7) is 2.36. The number of carbonyl (C=O) groups is 2. The van der Waals surface area contributed by atoms with Gasteiger partial charge in [0.1, 0.15) is 0 Å². The molecule has 4 nitrogen and oxygen atoms in total. The first kappa shape index (κ1) is 18.9. The summed E-state index contributed by atoms with van der Waals surface area (Å²) in [5, 5.41) is 1.92. The lowest BCUT2D eigenvalue weighted by Gasteiger charge is -2.34. The first-order valence-corrected chi connectivity index (χ1v) is 12.2. The van der Waals surface area contributed by atoms with E-state index in [4.69, 9.17) is 0 Å². The van der Waals surface area contributed by atoms with Crippen molar-refractivity contribution in [2.45, 2.75) is 11.0 Å².